The predicted octanol–water partition coefficient (Wildman–Crippen LogP) is 1.10. The van der Waals surface area contributed by atoms with Gasteiger partial charge < -0.3 is 9.84 Å². The summed E-state index contributed by atoms with van der Waals surface area (Å²) < 4.78 is 5.23. The Hall–Kier alpha value is -0.610. The van der Waals surface area contributed by atoms with Crippen LogP contribution in [0.1, 0.15) is 32.1 Å². The fourth-order valence-electron chi connectivity index (χ4n) is 2.66. The van der Waals surface area contributed by atoms with E-state index < -0.39 is 5.97 Å². The van der Waals surface area contributed by atoms with Gasteiger partial charge in [-0.1, -0.05) is 6.42 Å². The summed E-state index contributed by atoms with van der Waals surface area (Å²) in [6, 6.07) is 0.193. The molecule has 1 N–H and O–H groups in total. The first kappa shape index (κ1) is 10.9. The van der Waals surface area contributed by atoms with E-state index in [0.29, 0.717) is 12.1 Å². The number of carboxylic acids is 1. The normalized spacial score (nSPS) is 37.3. The highest BCUT2D eigenvalue weighted by molar-refractivity contribution is 5.73. The first-order chi connectivity index (χ1) is 7.22. The average molecular weight is 213 g/mol. The molecule has 0 aromatic carbocycles. The molecule has 0 aromatic heterocycles. The smallest absolute Gasteiger partial charge is 0.320 e. The highest BCUT2D eigenvalue weighted by Crippen LogP contribution is 2.32. The van der Waals surface area contributed by atoms with E-state index in [0.717, 1.165) is 38.6 Å². The van der Waals surface area contributed by atoms with Gasteiger partial charge in [-0.15, -0.1) is 0 Å². The second kappa shape index (κ2) is 4.49. The van der Waals surface area contributed by atoms with Gasteiger partial charge in [-0.3, -0.25) is 9.69 Å². The molecule has 86 valence electrons. The third kappa shape index (κ3) is 2.16. The maximum absolute atomic E-state index is 11.1. The van der Waals surface area contributed by atoms with Gasteiger partial charge in [-0.05, 0) is 32.2 Å². The van der Waals surface area contributed by atoms with Crippen LogP contribution in [0, 0.1) is 0 Å². The van der Waals surface area contributed by atoms with Gasteiger partial charge >= 0.3 is 5.97 Å². The van der Waals surface area contributed by atoms with Crippen molar-refractivity contribution < 1.29 is 14.6 Å². The van der Waals surface area contributed by atoms with Crippen molar-refractivity contribution in [1.82, 2.24) is 4.90 Å². The quantitative estimate of drug-likeness (QED) is 0.762. The monoisotopic (exact) mass is 213 g/mol. The van der Waals surface area contributed by atoms with Gasteiger partial charge in [0.1, 0.15) is 6.04 Å². The molecule has 0 bridgehead atoms. The van der Waals surface area contributed by atoms with Gasteiger partial charge in [-0.25, -0.2) is 0 Å². The molecule has 1 atom stereocenters. The zero-order valence-corrected chi connectivity index (χ0v) is 9.19. The van der Waals surface area contributed by atoms with Crippen molar-refractivity contribution in [3.05, 3.63) is 0 Å². The largest absolute Gasteiger partial charge is 0.480 e. The molecule has 0 spiro atoms. The van der Waals surface area contributed by atoms with Gasteiger partial charge in [-0.2, -0.15) is 0 Å². The van der Waals surface area contributed by atoms with Crippen LogP contribution in [-0.4, -0.2) is 47.8 Å². The minimum Gasteiger partial charge on any atom is -0.480 e. The van der Waals surface area contributed by atoms with E-state index >= 15 is 0 Å². The van der Waals surface area contributed by atoms with E-state index in [1.54, 1.807) is 7.11 Å². The molecule has 2 fully saturated rings. The van der Waals surface area contributed by atoms with E-state index in [9.17, 15) is 4.79 Å². The van der Waals surface area contributed by atoms with E-state index in [2.05, 4.69) is 4.90 Å². The van der Waals surface area contributed by atoms with Gasteiger partial charge in [0.05, 0.1) is 6.10 Å². The van der Waals surface area contributed by atoms with Crippen LogP contribution >= 0.6 is 0 Å². The van der Waals surface area contributed by atoms with Crippen molar-refractivity contribution in [2.24, 2.45) is 0 Å². The molecule has 1 aliphatic carbocycles. The van der Waals surface area contributed by atoms with E-state index in [4.69, 9.17) is 9.84 Å². The summed E-state index contributed by atoms with van der Waals surface area (Å²) in [5, 5.41) is 9.13. The van der Waals surface area contributed by atoms with Crippen molar-refractivity contribution >= 4 is 5.97 Å². The third-order valence-corrected chi connectivity index (χ3v) is 3.70. The van der Waals surface area contributed by atoms with Gasteiger partial charge in [0.2, 0.25) is 0 Å². The Morgan fingerprint density at radius 2 is 2.13 bits per heavy atom. The molecule has 4 heteroatoms. The fraction of sp³-hybridized carbons (Fsp3) is 0.909. The summed E-state index contributed by atoms with van der Waals surface area (Å²) in [5.41, 5.74) is 0. The van der Waals surface area contributed by atoms with Crippen molar-refractivity contribution in [2.45, 2.75) is 50.3 Å². The van der Waals surface area contributed by atoms with Crippen molar-refractivity contribution in [1.29, 1.82) is 0 Å². The van der Waals surface area contributed by atoms with Crippen LogP contribution < -0.4 is 0 Å². The lowest BCUT2D eigenvalue weighted by atomic mass is 9.85. The third-order valence-electron chi connectivity index (χ3n) is 3.70. The Balaban J connectivity index is 1.91. The summed E-state index contributed by atoms with van der Waals surface area (Å²) >= 11 is 0. The summed E-state index contributed by atoms with van der Waals surface area (Å²) in [4.78, 5) is 13.3. The van der Waals surface area contributed by atoms with Crippen LogP contribution in [0.15, 0.2) is 0 Å². The molecule has 15 heavy (non-hydrogen) atoms. The Labute approximate surface area is 90.2 Å². The van der Waals surface area contributed by atoms with Gasteiger partial charge in [0, 0.05) is 13.2 Å². The summed E-state index contributed by atoms with van der Waals surface area (Å²) in [6.45, 7) is 0.943. The van der Waals surface area contributed by atoms with Crippen LogP contribution in [-0.2, 0) is 9.53 Å². The van der Waals surface area contributed by atoms with Crippen LogP contribution in [0.2, 0.25) is 0 Å². The molecule has 4 nitrogen and oxygen atoms in total. The zero-order valence-electron chi connectivity index (χ0n) is 9.19. The molecule has 1 saturated heterocycles. The van der Waals surface area contributed by atoms with E-state index in [1.165, 1.54) is 0 Å². The van der Waals surface area contributed by atoms with Crippen LogP contribution in [0.5, 0.6) is 0 Å². The second-order valence-corrected chi connectivity index (χ2v) is 4.57. The number of aliphatic carboxylic acids is 1. The number of rotatable bonds is 3. The highest BCUT2D eigenvalue weighted by Gasteiger charge is 2.40. The average Bonchev–Trinajstić information content (AvgIpc) is 2.16. The SMILES string of the molecule is COC1CC(N2CCCCC2C(=O)O)C1. The molecule has 1 unspecified atom stereocenters. The highest BCUT2D eigenvalue weighted by atomic mass is 16.5. The lowest BCUT2D eigenvalue weighted by Gasteiger charge is -2.46. The van der Waals surface area contributed by atoms with Crippen LogP contribution in [0.4, 0.5) is 0 Å². The number of piperidine rings is 1. The fourth-order valence-corrected chi connectivity index (χ4v) is 2.66. The lowest BCUT2D eigenvalue weighted by molar-refractivity contribution is -0.149. The van der Waals surface area contributed by atoms with Gasteiger partial charge in [0.15, 0.2) is 0 Å². The Morgan fingerprint density at radius 1 is 1.40 bits per heavy atom. The molecule has 1 saturated carbocycles. The molecule has 1 heterocycles. The van der Waals surface area contributed by atoms with Crippen molar-refractivity contribution in [2.75, 3.05) is 13.7 Å². The van der Waals surface area contributed by atoms with Crippen LogP contribution in [0.3, 0.4) is 0 Å². The second-order valence-electron chi connectivity index (χ2n) is 4.57. The molecule has 1 aliphatic heterocycles. The Bertz CT molecular complexity index is 238. The molecular weight excluding hydrogens is 194 g/mol. The lowest BCUT2D eigenvalue weighted by Crippen LogP contribution is -2.56. The summed E-state index contributed by atoms with van der Waals surface area (Å²) in [6.07, 6.45) is 5.35. The zero-order chi connectivity index (χ0) is 10.8. The first-order valence-corrected chi connectivity index (χ1v) is 5.73. The van der Waals surface area contributed by atoms with Crippen molar-refractivity contribution in [3.63, 3.8) is 0 Å². The standard InChI is InChI=1S/C11H19NO3/c1-15-9-6-8(7-9)12-5-3-2-4-10(12)11(13)14/h8-10H,2-7H2,1H3,(H,13,14). The number of ether oxygens (including phenoxy) is 1. The molecule has 0 radical (unpaired) electrons. The number of hydrogen-bond donors (Lipinski definition) is 1. The number of carbonyl (C=O) groups is 1. The molecule has 0 amide bonds. The Kier molecular flexibility index (Phi) is 3.26. The van der Waals surface area contributed by atoms with E-state index in [-0.39, 0.29) is 6.04 Å². The molecule has 0 aromatic rings. The summed E-state index contributed by atoms with van der Waals surface area (Å²) in [7, 11) is 1.73. The minimum atomic E-state index is -0.657. The first-order valence-electron chi connectivity index (χ1n) is 5.73. The minimum absolute atomic E-state index is 0.249. The predicted molar refractivity (Wildman–Crippen MR) is 55.8 cm³/mol. The number of carboxylic acid groups (broad SMARTS) is 1. The molecule has 2 rings (SSSR count). The number of methoxy groups -OCH3 is 1. The number of nitrogens with zero attached hydrogens (tertiary/aromatic N) is 1. The molecular formula is C11H19NO3. The maximum Gasteiger partial charge on any atom is 0.320 e. The Morgan fingerprint density at radius 3 is 2.73 bits per heavy atom. The maximum atomic E-state index is 11.1. The van der Waals surface area contributed by atoms with Crippen LogP contribution in [0.25, 0.3) is 0 Å². The molecule has 2 aliphatic rings. The van der Waals surface area contributed by atoms with Gasteiger partial charge in [0.25, 0.3) is 0 Å². The number of hydrogen-bond acceptors (Lipinski definition) is 3. The topological polar surface area (TPSA) is 49.8 Å². The summed E-state index contributed by atoms with van der Waals surface area (Å²) in [5.74, 6) is -0.657. The van der Waals surface area contributed by atoms with E-state index in [1.807, 2.05) is 0 Å². The van der Waals surface area contributed by atoms with Crippen molar-refractivity contribution in [3.8, 4) is 0 Å². The number of likely N-dealkylation sites (tertiary alicyclic amines) is 1.